The number of carboxylic acid groups (broad SMARTS) is 1. The monoisotopic (exact) mass is 273 g/mol. The zero-order chi connectivity index (χ0) is 14.8. The van der Waals surface area contributed by atoms with Crippen molar-refractivity contribution in [3.05, 3.63) is 0 Å². The number of methoxy groups -OCH3 is 1. The highest BCUT2D eigenvalue weighted by Crippen LogP contribution is 2.26. The van der Waals surface area contributed by atoms with Gasteiger partial charge in [-0.3, -0.25) is 9.59 Å². The minimum absolute atomic E-state index is 0.00144. The van der Waals surface area contributed by atoms with Gasteiger partial charge in [0, 0.05) is 13.1 Å². The fourth-order valence-electron chi connectivity index (χ4n) is 1.92. The third-order valence-corrected chi connectivity index (χ3v) is 2.79. The number of carbonyl (C=O) groups excluding carboxylic acids is 2. The highest BCUT2D eigenvalue weighted by molar-refractivity contribution is 5.84. The largest absolute Gasteiger partial charge is 0.481 e. The summed E-state index contributed by atoms with van der Waals surface area (Å²) in [5.74, 6) is -3.56. The van der Waals surface area contributed by atoms with Gasteiger partial charge in [0.25, 0.3) is 0 Å². The Morgan fingerprint density at radius 2 is 1.68 bits per heavy atom. The first-order valence-electron chi connectivity index (χ1n) is 5.94. The van der Waals surface area contributed by atoms with Gasteiger partial charge in [0.05, 0.1) is 18.9 Å². The molecule has 7 heteroatoms. The van der Waals surface area contributed by atoms with Crippen molar-refractivity contribution in [1.29, 1.82) is 0 Å². The summed E-state index contributed by atoms with van der Waals surface area (Å²) in [6, 6.07) is 0. The molecule has 1 N–H and O–H groups in total. The number of hydrogen-bond acceptors (Lipinski definition) is 5. The molecule has 1 saturated heterocycles. The summed E-state index contributed by atoms with van der Waals surface area (Å²) >= 11 is 0. The summed E-state index contributed by atoms with van der Waals surface area (Å²) in [7, 11) is 1.19. The van der Waals surface area contributed by atoms with E-state index in [2.05, 4.69) is 4.74 Å². The molecule has 0 bridgehead atoms. The second kappa shape index (κ2) is 5.46. The first kappa shape index (κ1) is 15.3. The van der Waals surface area contributed by atoms with Crippen molar-refractivity contribution in [2.24, 2.45) is 11.8 Å². The maximum absolute atomic E-state index is 11.8. The zero-order valence-electron chi connectivity index (χ0n) is 11.5. The van der Waals surface area contributed by atoms with Gasteiger partial charge in [-0.05, 0) is 20.8 Å². The van der Waals surface area contributed by atoms with Gasteiger partial charge in [0.1, 0.15) is 5.60 Å². The topological polar surface area (TPSA) is 93.1 Å². The van der Waals surface area contributed by atoms with Crippen molar-refractivity contribution < 1.29 is 29.0 Å². The zero-order valence-corrected chi connectivity index (χ0v) is 11.5. The molecule has 2 unspecified atom stereocenters. The van der Waals surface area contributed by atoms with E-state index in [0.717, 1.165) is 0 Å². The summed E-state index contributed by atoms with van der Waals surface area (Å²) in [5, 5.41) is 9.07. The minimum Gasteiger partial charge on any atom is -0.481 e. The van der Waals surface area contributed by atoms with Crippen molar-refractivity contribution in [1.82, 2.24) is 4.90 Å². The van der Waals surface area contributed by atoms with Crippen LogP contribution in [-0.2, 0) is 19.1 Å². The van der Waals surface area contributed by atoms with Crippen LogP contribution in [0.2, 0.25) is 0 Å². The van der Waals surface area contributed by atoms with Crippen LogP contribution in [0.5, 0.6) is 0 Å². The maximum atomic E-state index is 11.8. The molecule has 0 aromatic rings. The Kier molecular flexibility index (Phi) is 4.39. The van der Waals surface area contributed by atoms with Gasteiger partial charge in [0.15, 0.2) is 0 Å². The number of carbonyl (C=O) groups is 3. The van der Waals surface area contributed by atoms with Gasteiger partial charge in [0.2, 0.25) is 0 Å². The smallest absolute Gasteiger partial charge is 0.410 e. The fraction of sp³-hybridized carbons (Fsp3) is 0.750. The highest BCUT2D eigenvalue weighted by atomic mass is 16.6. The molecule has 108 valence electrons. The number of amides is 1. The number of hydrogen-bond donors (Lipinski definition) is 1. The molecule has 7 nitrogen and oxygen atoms in total. The molecule has 19 heavy (non-hydrogen) atoms. The second-order valence-corrected chi connectivity index (χ2v) is 5.46. The molecule has 1 fully saturated rings. The van der Waals surface area contributed by atoms with Gasteiger partial charge in [-0.1, -0.05) is 0 Å². The van der Waals surface area contributed by atoms with E-state index < -0.39 is 35.5 Å². The number of rotatable bonds is 2. The average molecular weight is 273 g/mol. The van der Waals surface area contributed by atoms with Crippen LogP contribution in [0.15, 0.2) is 0 Å². The lowest BCUT2D eigenvalue weighted by Crippen LogP contribution is -2.36. The van der Waals surface area contributed by atoms with Gasteiger partial charge in [-0.15, -0.1) is 0 Å². The van der Waals surface area contributed by atoms with Crippen LogP contribution in [0.3, 0.4) is 0 Å². The highest BCUT2D eigenvalue weighted by Gasteiger charge is 2.45. The van der Waals surface area contributed by atoms with Crippen LogP contribution in [0.1, 0.15) is 20.8 Å². The number of aliphatic carboxylic acids is 1. The second-order valence-electron chi connectivity index (χ2n) is 5.46. The Morgan fingerprint density at radius 3 is 2.11 bits per heavy atom. The van der Waals surface area contributed by atoms with Crippen molar-refractivity contribution >= 4 is 18.0 Å². The Labute approximate surface area is 111 Å². The standard InChI is InChI=1S/C12H19NO6/c1-12(2,3)19-11(17)13-5-7(9(14)15)8(6-13)10(16)18-4/h7-8H,5-6H2,1-4H3,(H,14,15). The van der Waals surface area contributed by atoms with E-state index >= 15 is 0 Å². The lowest BCUT2D eigenvalue weighted by molar-refractivity contribution is -0.153. The summed E-state index contributed by atoms with van der Waals surface area (Å²) in [6.45, 7) is 5.09. The predicted molar refractivity (Wildman–Crippen MR) is 64.4 cm³/mol. The Bertz CT molecular complexity index is 386. The molecular formula is C12H19NO6. The molecule has 0 aromatic carbocycles. The molecule has 1 amide bonds. The van der Waals surface area contributed by atoms with Crippen LogP contribution >= 0.6 is 0 Å². The normalized spacial score (nSPS) is 23.1. The van der Waals surface area contributed by atoms with Gasteiger partial charge >= 0.3 is 18.0 Å². The first-order valence-corrected chi connectivity index (χ1v) is 5.94. The van der Waals surface area contributed by atoms with Crippen molar-refractivity contribution in [2.75, 3.05) is 20.2 Å². The number of nitrogens with zero attached hydrogens (tertiary/aromatic N) is 1. The Hall–Kier alpha value is -1.79. The van der Waals surface area contributed by atoms with Crippen molar-refractivity contribution in [2.45, 2.75) is 26.4 Å². The molecule has 2 atom stereocenters. The van der Waals surface area contributed by atoms with E-state index in [-0.39, 0.29) is 13.1 Å². The summed E-state index contributed by atoms with van der Waals surface area (Å²) < 4.78 is 9.72. The van der Waals surface area contributed by atoms with E-state index in [1.807, 2.05) is 0 Å². The van der Waals surface area contributed by atoms with E-state index in [4.69, 9.17) is 9.84 Å². The van der Waals surface area contributed by atoms with Gasteiger partial charge < -0.3 is 19.5 Å². The lowest BCUT2D eigenvalue weighted by Gasteiger charge is -2.24. The SMILES string of the molecule is COC(=O)C1CN(C(=O)OC(C)(C)C)CC1C(=O)O. The molecule has 0 radical (unpaired) electrons. The number of likely N-dealkylation sites (tertiary alicyclic amines) is 1. The molecule has 1 heterocycles. The Morgan fingerprint density at radius 1 is 1.16 bits per heavy atom. The molecule has 1 aliphatic heterocycles. The molecule has 0 spiro atoms. The molecule has 0 aliphatic carbocycles. The first-order chi connectivity index (χ1) is 8.65. The van der Waals surface area contributed by atoms with Crippen LogP contribution in [0.4, 0.5) is 4.79 Å². The van der Waals surface area contributed by atoms with E-state index in [1.165, 1.54) is 12.0 Å². The summed E-state index contributed by atoms with van der Waals surface area (Å²) in [5.41, 5.74) is -0.668. The summed E-state index contributed by atoms with van der Waals surface area (Å²) in [6.07, 6.45) is -0.620. The third kappa shape index (κ3) is 3.84. The molecule has 1 rings (SSSR count). The van der Waals surface area contributed by atoms with Crippen LogP contribution in [0, 0.1) is 11.8 Å². The van der Waals surface area contributed by atoms with Crippen molar-refractivity contribution in [3.8, 4) is 0 Å². The number of esters is 1. The quantitative estimate of drug-likeness (QED) is 0.745. The number of carboxylic acids is 1. The van der Waals surface area contributed by atoms with Crippen LogP contribution in [0.25, 0.3) is 0 Å². The van der Waals surface area contributed by atoms with Crippen molar-refractivity contribution in [3.63, 3.8) is 0 Å². The lowest BCUT2D eigenvalue weighted by atomic mass is 9.97. The summed E-state index contributed by atoms with van der Waals surface area (Å²) in [4.78, 5) is 35.7. The fourth-order valence-corrected chi connectivity index (χ4v) is 1.92. The van der Waals surface area contributed by atoms with Crippen LogP contribution in [-0.4, -0.2) is 53.8 Å². The molecule has 1 aliphatic rings. The van der Waals surface area contributed by atoms with Crippen LogP contribution < -0.4 is 0 Å². The maximum Gasteiger partial charge on any atom is 0.410 e. The molecule has 0 aromatic heterocycles. The van der Waals surface area contributed by atoms with E-state index in [1.54, 1.807) is 20.8 Å². The molecule has 0 saturated carbocycles. The predicted octanol–water partition coefficient (Wildman–Crippen LogP) is 0.727. The minimum atomic E-state index is -1.12. The third-order valence-electron chi connectivity index (χ3n) is 2.79. The Balaban J connectivity index is 2.78. The number of ether oxygens (including phenoxy) is 2. The van der Waals surface area contributed by atoms with E-state index in [9.17, 15) is 14.4 Å². The van der Waals surface area contributed by atoms with E-state index in [0.29, 0.717) is 0 Å². The average Bonchev–Trinajstić information content (AvgIpc) is 2.70. The molecular weight excluding hydrogens is 254 g/mol. The van der Waals surface area contributed by atoms with Gasteiger partial charge in [-0.2, -0.15) is 0 Å². The van der Waals surface area contributed by atoms with Gasteiger partial charge in [-0.25, -0.2) is 4.79 Å².